The van der Waals surface area contributed by atoms with Crippen molar-refractivity contribution in [2.24, 2.45) is 0 Å². The number of benzene rings is 2. The Bertz CT molecular complexity index is 1010. The van der Waals surface area contributed by atoms with Crippen molar-refractivity contribution in [2.45, 2.75) is 13.3 Å². The molecule has 2 amide bonds. The highest BCUT2D eigenvalue weighted by atomic mass is 19.1. The molecule has 1 saturated heterocycles. The van der Waals surface area contributed by atoms with Crippen molar-refractivity contribution >= 4 is 23.1 Å². The lowest BCUT2D eigenvalue weighted by Gasteiger charge is -2.34. The summed E-state index contributed by atoms with van der Waals surface area (Å²) in [4.78, 5) is 32.0. The fraction of sp³-hybridized carbons (Fsp3) is 0.333. The molecule has 1 fully saturated rings. The number of likely N-dealkylation sites (N-methyl/N-ethyl adjacent to an activating group) is 1. The van der Waals surface area contributed by atoms with E-state index < -0.39 is 17.6 Å². The van der Waals surface area contributed by atoms with Gasteiger partial charge in [-0.15, -0.1) is 0 Å². The summed E-state index contributed by atoms with van der Waals surface area (Å²) < 4.78 is 20.1. The monoisotopic (exact) mass is 423 g/mol. The quantitative estimate of drug-likeness (QED) is 0.669. The smallest absolute Gasteiger partial charge is 0.282 e. The van der Waals surface area contributed by atoms with Crippen molar-refractivity contribution in [3.05, 3.63) is 65.6 Å². The Morgan fingerprint density at radius 1 is 0.935 bits per heavy atom. The first-order valence-electron chi connectivity index (χ1n) is 10.6. The van der Waals surface area contributed by atoms with Crippen molar-refractivity contribution in [2.75, 3.05) is 44.7 Å². The van der Waals surface area contributed by atoms with Gasteiger partial charge in [0.2, 0.25) is 0 Å². The van der Waals surface area contributed by atoms with E-state index in [0.29, 0.717) is 42.3 Å². The third-order valence-corrected chi connectivity index (χ3v) is 5.59. The molecule has 7 heteroatoms. The zero-order valence-corrected chi connectivity index (χ0v) is 17.8. The average molecular weight is 423 g/mol. The molecule has 0 aliphatic carbocycles. The van der Waals surface area contributed by atoms with E-state index in [2.05, 4.69) is 4.90 Å². The molecule has 2 aliphatic rings. The molecule has 0 spiro atoms. The largest absolute Gasteiger partial charge is 0.494 e. The fourth-order valence-corrected chi connectivity index (χ4v) is 3.89. The predicted molar refractivity (Wildman–Crippen MR) is 117 cm³/mol. The lowest BCUT2D eigenvalue weighted by atomic mass is 10.0. The highest BCUT2D eigenvalue weighted by Gasteiger charge is 2.43. The SMILES string of the molecule is CCCOc1ccc(C2=C(N3CCN(C)CC3)C(=O)N(c3ccccc3F)C2=O)cc1. The van der Waals surface area contributed by atoms with Gasteiger partial charge in [0.25, 0.3) is 11.8 Å². The van der Waals surface area contributed by atoms with Gasteiger partial charge in [0.1, 0.15) is 17.3 Å². The molecule has 0 bridgehead atoms. The fourth-order valence-electron chi connectivity index (χ4n) is 3.89. The van der Waals surface area contributed by atoms with E-state index in [1.807, 2.05) is 18.9 Å². The summed E-state index contributed by atoms with van der Waals surface area (Å²) in [7, 11) is 2.02. The third-order valence-electron chi connectivity index (χ3n) is 5.59. The number of amides is 2. The second kappa shape index (κ2) is 8.89. The van der Waals surface area contributed by atoms with Gasteiger partial charge in [0, 0.05) is 26.2 Å². The van der Waals surface area contributed by atoms with Crippen LogP contribution >= 0.6 is 0 Å². The van der Waals surface area contributed by atoms with Crippen molar-refractivity contribution in [3.8, 4) is 5.75 Å². The molecule has 2 heterocycles. The number of carbonyl (C=O) groups excluding carboxylic acids is 2. The van der Waals surface area contributed by atoms with Crippen LogP contribution < -0.4 is 9.64 Å². The summed E-state index contributed by atoms with van der Waals surface area (Å²) in [5.41, 5.74) is 1.24. The van der Waals surface area contributed by atoms with Crippen molar-refractivity contribution in [3.63, 3.8) is 0 Å². The summed E-state index contributed by atoms with van der Waals surface area (Å²) in [6.07, 6.45) is 0.894. The number of halogens is 1. The number of nitrogens with zero attached hydrogens (tertiary/aromatic N) is 3. The van der Waals surface area contributed by atoms with Gasteiger partial charge in [-0.05, 0) is 43.3 Å². The highest BCUT2D eigenvalue weighted by Crippen LogP contribution is 2.36. The Balaban J connectivity index is 1.75. The molecule has 0 aromatic heterocycles. The van der Waals surface area contributed by atoms with Crippen LogP contribution in [0.1, 0.15) is 18.9 Å². The van der Waals surface area contributed by atoms with Gasteiger partial charge >= 0.3 is 0 Å². The summed E-state index contributed by atoms with van der Waals surface area (Å²) in [6, 6.07) is 13.0. The van der Waals surface area contributed by atoms with E-state index in [1.165, 1.54) is 18.2 Å². The molecule has 2 aliphatic heterocycles. The average Bonchev–Trinajstić information content (AvgIpc) is 3.04. The first kappa shape index (κ1) is 21.1. The zero-order chi connectivity index (χ0) is 22.0. The second-order valence-corrected chi connectivity index (χ2v) is 7.78. The van der Waals surface area contributed by atoms with E-state index >= 15 is 0 Å². The second-order valence-electron chi connectivity index (χ2n) is 7.78. The van der Waals surface area contributed by atoms with E-state index in [-0.39, 0.29) is 5.69 Å². The number of piperazine rings is 1. The van der Waals surface area contributed by atoms with Crippen LogP contribution in [-0.2, 0) is 9.59 Å². The van der Waals surface area contributed by atoms with Crippen LogP contribution in [0, 0.1) is 5.82 Å². The molecule has 31 heavy (non-hydrogen) atoms. The number of para-hydroxylation sites is 1. The predicted octanol–water partition coefficient (Wildman–Crippen LogP) is 3.15. The first-order chi connectivity index (χ1) is 15.0. The molecule has 0 atom stereocenters. The maximum Gasteiger partial charge on any atom is 0.282 e. The summed E-state index contributed by atoms with van der Waals surface area (Å²) >= 11 is 0. The Kier molecular flexibility index (Phi) is 6.04. The van der Waals surface area contributed by atoms with E-state index in [9.17, 15) is 14.0 Å². The molecule has 0 N–H and O–H groups in total. The molecule has 2 aromatic carbocycles. The molecule has 2 aromatic rings. The number of hydrogen-bond acceptors (Lipinski definition) is 5. The number of ether oxygens (including phenoxy) is 1. The Labute approximate surface area is 181 Å². The van der Waals surface area contributed by atoms with Crippen LogP contribution in [0.2, 0.25) is 0 Å². The van der Waals surface area contributed by atoms with Gasteiger partial charge in [-0.3, -0.25) is 9.59 Å². The third kappa shape index (κ3) is 4.05. The molecule has 6 nitrogen and oxygen atoms in total. The van der Waals surface area contributed by atoms with E-state index in [1.54, 1.807) is 30.3 Å². The molecular weight excluding hydrogens is 397 g/mol. The maximum absolute atomic E-state index is 14.5. The van der Waals surface area contributed by atoms with Crippen LogP contribution in [0.3, 0.4) is 0 Å². The van der Waals surface area contributed by atoms with Crippen molar-refractivity contribution in [1.29, 1.82) is 0 Å². The van der Waals surface area contributed by atoms with Gasteiger partial charge < -0.3 is 14.5 Å². The van der Waals surface area contributed by atoms with E-state index in [0.717, 1.165) is 24.4 Å². The summed E-state index contributed by atoms with van der Waals surface area (Å²) in [5, 5.41) is 0. The van der Waals surface area contributed by atoms with Gasteiger partial charge in [0.15, 0.2) is 0 Å². The number of hydrogen-bond donors (Lipinski definition) is 0. The Hall–Kier alpha value is -3.19. The van der Waals surface area contributed by atoms with Gasteiger partial charge in [0.05, 0.1) is 17.9 Å². The van der Waals surface area contributed by atoms with Crippen LogP contribution in [0.15, 0.2) is 54.2 Å². The van der Waals surface area contributed by atoms with Gasteiger partial charge in [-0.1, -0.05) is 31.2 Å². The highest BCUT2D eigenvalue weighted by molar-refractivity contribution is 6.45. The number of imide groups is 1. The molecule has 0 saturated carbocycles. The van der Waals surface area contributed by atoms with Crippen LogP contribution in [0.5, 0.6) is 5.75 Å². The van der Waals surface area contributed by atoms with Gasteiger partial charge in [-0.2, -0.15) is 0 Å². The maximum atomic E-state index is 14.5. The lowest BCUT2D eigenvalue weighted by Crippen LogP contribution is -2.46. The number of carbonyl (C=O) groups is 2. The molecule has 0 unspecified atom stereocenters. The van der Waals surface area contributed by atoms with Crippen molar-refractivity contribution < 1.29 is 18.7 Å². The standard InChI is InChI=1S/C24H26FN3O3/c1-3-16-31-18-10-8-17(9-11-18)21-22(27-14-12-26(2)13-15-27)24(30)28(23(21)29)20-7-5-4-6-19(20)25/h4-11H,3,12-16H2,1-2H3. The minimum absolute atomic E-state index is 0.0259. The Morgan fingerprint density at radius 2 is 1.61 bits per heavy atom. The Morgan fingerprint density at radius 3 is 2.26 bits per heavy atom. The molecule has 0 radical (unpaired) electrons. The summed E-state index contributed by atoms with van der Waals surface area (Å²) in [5.74, 6) is -0.895. The molecule has 4 rings (SSSR count). The lowest BCUT2D eigenvalue weighted by molar-refractivity contribution is -0.120. The first-order valence-corrected chi connectivity index (χ1v) is 10.6. The molecular formula is C24H26FN3O3. The number of anilines is 1. The van der Waals surface area contributed by atoms with Crippen molar-refractivity contribution in [1.82, 2.24) is 9.80 Å². The van der Waals surface area contributed by atoms with Crippen LogP contribution in [-0.4, -0.2) is 61.4 Å². The minimum Gasteiger partial charge on any atom is -0.494 e. The minimum atomic E-state index is -0.605. The van der Waals surface area contributed by atoms with E-state index in [4.69, 9.17) is 4.74 Å². The van der Waals surface area contributed by atoms with Crippen LogP contribution in [0.25, 0.3) is 5.57 Å². The topological polar surface area (TPSA) is 53.1 Å². The normalized spacial score (nSPS) is 17.6. The molecule has 162 valence electrons. The van der Waals surface area contributed by atoms with Crippen LogP contribution in [0.4, 0.5) is 10.1 Å². The van der Waals surface area contributed by atoms with Gasteiger partial charge in [-0.25, -0.2) is 9.29 Å². The number of rotatable bonds is 6. The zero-order valence-electron chi connectivity index (χ0n) is 17.8. The summed E-state index contributed by atoms with van der Waals surface area (Å²) in [6.45, 7) is 5.44.